The molecule has 0 heterocycles. The zero-order chi connectivity index (χ0) is 15.4. The number of nitrogens with zero attached hydrogens (tertiary/aromatic N) is 1. The fourth-order valence-corrected chi connectivity index (χ4v) is 1.75. The van der Waals surface area contributed by atoms with Gasteiger partial charge in [-0.1, -0.05) is 0 Å². The summed E-state index contributed by atoms with van der Waals surface area (Å²) < 4.78 is 4.54. The molecule has 4 N–H and O–H groups in total. The van der Waals surface area contributed by atoms with Crippen molar-refractivity contribution < 1.29 is 24.7 Å². The molecule has 20 heavy (non-hydrogen) atoms. The van der Waals surface area contributed by atoms with E-state index in [9.17, 15) is 25.1 Å². The summed E-state index contributed by atoms with van der Waals surface area (Å²) in [5, 5.41) is 30.3. The largest absolute Gasteiger partial charge is 0.465 e. The second-order valence-corrected chi connectivity index (χ2v) is 4.21. The van der Waals surface area contributed by atoms with E-state index in [1.165, 1.54) is 13.0 Å². The molecular formula is C12H16N2O6. The van der Waals surface area contributed by atoms with Gasteiger partial charge in [-0.3, -0.25) is 10.1 Å². The second kappa shape index (κ2) is 6.42. The van der Waals surface area contributed by atoms with Gasteiger partial charge in [0, 0.05) is 18.2 Å². The van der Waals surface area contributed by atoms with E-state index in [-0.39, 0.29) is 28.9 Å². The maximum Gasteiger partial charge on any atom is 0.338 e. The molecule has 1 aromatic rings. The maximum atomic E-state index is 11.6. The summed E-state index contributed by atoms with van der Waals surface area (Å²) in [6.07, 6.45) is -2.72. The lowest BCUT2D eigenvalue weighted by molar-refractivity contribution is -0.385. The summed E-state index contributed by atoms with van der Waals surface area (Å²) in [6, 6.07) is 2.35. The van der Waals surface area contributed by atoms with Crippen molar-refractivity contribution in [3.63, 3.8) is 0 Å². The molecule has 1 rings (SSSR count). The molecule has 0 fully saturated rings. The number of benzene rings is 1. The molecule has 0 aliphatic rings. The number of nitro benzene ring substituents is 1. The van der Waals surface area contributed by atoms with Gasteiger partial charge in [0.1, 0.15) is 6.10 Å². The topological polar surface area (TPSA) is 136 Å². The Morgan fingerprint density at radius 1 is 1.50 bits per heavy atom. The summed E-state index contributed by atoms with van der Waals surface area (Å²) in [4.78, 5) is 21.9. The predicted octanol–water partition coefficient (Wildman–Crippen LogP) is 0.0428. The molecule has 0 saturated heterocycles. The second-order valence-electron chi connectivity index (χ2n) is 4.21. The van der Waals surface area contributed by atoms with Gasteiger partial charge >= 0.3 is 5.97 Å². The third-order valence-corrected chi connectivity index (χ3v) is 2.95. The summed E-state index contributed by atoms with van der Waals surface area (Å²) in [5.74, 6) is -0.762. The Balaban J connectivity index is 3.44. The number of hydrogen-bond donors (Lipinski definition) is 3. The van der Waals surface area contributed by atoms with Crippen LogP contribution in [0.1, 0.15) is 27.6 Å². The van der Waals surface area contributed by atoms with E-state index in [4.69, 9.17) is 5.73 Å². The van der Waals surface area contributed by atoms with Crippen LogP contribution in [0.25, 0.3) is 0 Å². The first-order valence-electron chi connectivity index (χ1n) is 5.76. The first-order valence-corrected chi connectivity index (χ1v) is 5.76. The van der Waals surface area contributed by atoms with Crippen molar-refractivity contribution in [3.8, 4) is 0 Å². The molecule has 0 bridgehead atoms. The Kier molecular flexibility index (Phi) is 5.14. The Hall–Kier alpha value is -2.03. The van der Waals surface area contributed by atoms with E-state index in [1.807, 2.05) is 0 Å². The van der Waals surface area contributed by atoms with E-state index in [0.717, 1.165) is 13.2 Å². The SMILES string of the molecule is COC(=O)c1cc(C(O)C(O)CN)cc([N+](=O)[O-])c1C. The van der Waals surface area contributed by atoms with Gasteiger partial charge < -0.3 is 20.7 Å². The minimum absolute atomic E-state index is 0.0284. The highest BCUT2D eigenvalue weighted by Crippen LogP contribution is 2.28. The van der Waals surface area contributed by atoms with Crippen LogP contribution < -0.4 is 5.73 Å². The fourth-order valence-electron chi connectivity index (χ4n) is 1.75. The van der Waals surface area contributed by atoms with Crippen LogP contribution in [0.2, 0.25) is 0 Å². The highest BCUT2D eigenvalue weighted by molar-refractivity contribution is 5.92. The molecule has 0 aliphatic heterocycles. The Labute approximate surface area is 114 Å². The van der Waals surface area contributed by atoms with Crippen molar-refractivity contribution in [1.29, 1.82) is 0 Å². The van der Waals surface area contributed by atoms with E-state index in [0.29, 0.717) is 0 Å². The van der Waals surface area contributed by atoms with Crippen molar-refractivity contribution in [1.82, 2.24) is 0 Å². The van der Waals surface area contributed by atoms with Crippen LogP contribution >= 0.6 is 0 Å². The Morgan fingerprint density at radius 2 is 2.10 bits per heavy atom. The molecule has 0 aromatic heterocycles. The van der Waals surface area contributed by atoms with E-state index in [2.05, 4.69) is 4.74 Å². The van der Waals surface area contributed by atoms with Crippen LogP contribution in [0.15, 0.2) is 12.1 Å². The van der Waals surface area contributed by atoms with Gasteiger partial charge in [0.05, 0.1) is 23.7 Å². The van der Waals surface area contributed by atoms with Crippen LogP contribution in [0.4, 0.5) is 5.69 Å². The zero-order valence-electron chi connectivity index (χ0n) is 11.1. The lowest BCUT2D eigenvalue weighted by Gasteiger charge is -2.17. The smallest absolute Gasteiger partial charge is 0.338 e. The Bertz CT molecular complexity index is 531. The summed E-state index contributed by atoms with van der Waals surface area (Å²) in [5.41, 5.74) is 5.00. The number of methoxy groups -OCH3 is 1. The monoisotopic (exact) mass is 284 g/mol. The predicted molar refractivity (Wildman–Crippen MR) is 69.2 cm³/mol. The molecule has 0 aliphatic carbocycles. The number of carbonyl (C=O) groups is 1. The number of nitrogens with two attached hydrogens (primary N) is 1. The number of nitro groups is 1. The lowest BCUT2D eigenvalue weighted by Crippen LogP contribution is -2.27. The van der Waals surface area contributed by atoms with Gasteiger partial charge in [0.15, 0.2) is 0 Å². The number of ether oxygens (including phenoxy) is 1. The quantitative estimate of drug-likeness (QED) is 0.394. The van der Waals surface area contributed by atoms with Gasteiger partial charge in [0.2, 0.25) is 0 Å². The standard InChI is InChI=1S/C12H16N2O6/c1-6-8(12(17)20-2)3-7(4-9(6)14(18)19)11(16)10(15)5-13/h3-4,10-11,15-16H,5,13H2,1-2H3. The molecule has 0 spiro atoms. The minimum atomic E-state index is -1.43. The van der Waals surface area contributed by atoms with Crippen molar-refractivity contribution in [2.24, 2.45) is 5.73 Å². The number of hydrogen-bond acceptors (Lipinski definition) is 7. The third-order valence-electron chi connectivity index (χ3n) is 2.95. The molecule has 2 atom stereocenters. The normalized spacial score (nSPS) is 13.7. The molecule has 110 valence electrons. The highest BCUT2D eigenvalue weighted by Gasteiger charge is 2.25. The van der Waals surface area contributed by atoms with Crippen molar-refractivity contribution in [2.75, 3.05) is 13.7 Å². The fraction of sp³-hybridized carbons (Fsp3) is 0.417. The molecule has 0 radical (unpaired) electrons. The number of aliphatic hydroxyl groups excluding tert-OH is 2. The van der Waals surface area contributed by atoms with E-state index in [1.54, 1.807) is 0 Å². The van der Waals surface area contributed by atoms with Gasteiger partial charge in [-0.05, 0) is 18.6 Å². The van der Waals surface area contributed by atoms with E-state index < -0.39 is 23.1 Å². The Morgan fingerprint density at radius 3 is 2.55 bits per heavy atom. The van der Waals surface area contributed by atoms with Gasteiger partial charge in [0.25, 0.3) is 5.69 Å². The number of carbonyl (C=O) groups excluding carboxylic acids is 1. The molecule has 2 unspecified atom stereocenters. The number of rotatable bonds is 5. The molecule has 8 heteroatoms. The lowest BCUT2D eigenvalue weighted by atomic mass is 9.97. The van der Waals surface area contributed by atoms with Crippen LogP contribution in [0, 0.1) is 17.0 Å². The number of aliphatic hydroxyl groups is 2. The average Bonchev–Trinajstić information content (AvgIpc) is 2.44. The van der Waals surface area contributed by atoms with Crippen molar-refractivity contribution in [3.05, 3.63) is 38.9 Å². The average molecular weight is 284 g/mol. The maximum absolute atomic E-state index is 11.6. The number of esters is 1. The molecule has 0 amide bonds. The molecule has 8 nitrogen and oxygen atoms in total. The van der Waals surface area contributed by atoms with Gasteiger partial charge in [-0.2, -0.15) is 0 Å². The van der Waals surface area contributed by atoms with Crippen LogP contribution in [-0.4, -0.2) is 40.9 Å². The highest BCUT2D eigenvalue weighted by atomic mass is 16.6. The summed E-state index contributed by atoms with van der Waals surface area (Å²) >= 11 is 0. The zero-order valence-corrected chi connectivity index (χ0v) is 11.1. The minimum Gasteiger partial charge on any atom is -0.465 e. The van der Waals surface area contributed by atoms with E-state index >= 15 is 0 Å². The molecule has 1 aromatic carbocycles. The van der Waals surface area contributed by atoms with Crippen molar-refractivity contribution >= 4 is 11.7 Å². The first kappa shape index (κ1) is 16.0. The van der Waals surface area contributed by atoms with Crippen LogP contribution in [0.3, 0.4) is 0 Å². The summed E-state index contributed by atoms with van der Waals surface area (Å²) in [7, 11) is 1.14. The van der Waals surface area contributed by atoms with Crippen molar-refractivity contribution in [2.45, 2.75) is 19.1 Å². The molecular weight excluding hydrogens is 268 g/mol. The van der Waals surface area contributed by atoms with Gasteiger partial charge in [-0.15, -0.1) is 0 Å². The molecule has 0 saturated carbocycles. The van der Waals surface area contributed by atoms with Crippen LogP contribution in [0.5, 0.6) is 0 Å². The first-order chi connectivity index (χ1) is 9.33. The summed E-state index contributed by atoms with van der Waals surface area (Å²) in [6.45, 7) is 1.18. The van der Waals surface area contributed by atoms with Crippen LogP contribution in [-0.2, 0) is 4.74 Å². The van der Waals surface area contributed by atoms with Gasteiger partial charge in [-0.25, -0.2) is 4.79 Å². The third kappa shape index (κ3) is 3.10.